The summed E-state index contributed by atoms with van der Waals surface area (Å²) in [5.41, 5.74) is -0.358. The molecule has 0 fully saturated rings. The van der Waals surface area contributed by atoms with Gasteiger partial charge in [-0.25, -0.2) is 4.79 Å². The number of nitrogens with zero attached hydrogens (tertiary/aromatic N) is 2. The first-order valence-corrected chi connectivity index (χ1v) is 5.75. The van der Waals surface area contributed by atoms with Crippen molar-refractivity contribution in [3.63, 3.8) is 0 Å². The van der Waals surface area contributed by atoms with E-state index in [2.05, 4.69) is 27.2 Å². The largest absolute Gasteiger partial charge is 0.356 e. The van der Waals surface area contributed by atoms with Gasteiger partial charge < -0.3 is 5.32 Å². The van der Waals surface area contributed by atoms with Crippen molar-refractivity contribution in [2.45, 2.75) is 24.9 Å². The summed E-state index contributed by atoms with van der Waals surface area (Å²) >= 11 is 1.35. The molecule has 0 saturated heterocycles. The smallest absolute Gasteiger partial charge is 0.350 e. The third-order valence-electron chi connectivity index (χ3n) is 1.64. The minimum absolute atomic E-state index is 0.358. The summed E-state index contributed by atoms with van der Waals surface area (Å²) < 4.78 is 0. The maximum atomic E-state index is 11.0. The second kappa shape index (κ2) is 5.64. The molecule has 0 aliphatic carbocycles. The number of thioether (sulfide) groups is 1. The van der Waals surface area contributed by atoms with Gasteiger partial charge in [0.25, 0.3) is 0 Å². The lowest BCUT2D eigenvalue weighted by molar-refractivity contribution is 0.805. The van der Waals surface area contributed by atoms with Crippen LogP contribution in [0.15, 0.2) is 9.95 Å². The number of hydrogen-bond donors (Lipinski definition) is 2. The molecule has 1 aromatic rings. The second-order valence-electron chi connectivity index (χ2n) is 2.77. The highest BCUT2D eigenvalue weighted by molar-refractivity contribution is 7.98. The first-order chi connectivity index (χ1) is 6.76. The number of hydrogen-bond acceptors (Lipinski definition) is 5. The Morgan fingerprint density at radius 3 is 2.93 bits per heavy atom. The minimum Gasteiger partial charge on any atom is -0.356 e. The number of rotatable bonds is 5. The zero-order valence-electron chi connectivity index (χ0n) is 8.33. The number of unbranched alkanes of at least 4 members (excludes halogenated alkanes) is 1. The van der Waals surface area contributed by atoms with E-state index in [0.29, 0.717) is 11.1 Å². The first kappa shape index (κ1) is 11.0. The van der Waals surface area contributed by atoms with Gasteiger partial charge in [0, 0.05) is 6.54 Å². The highest BCUT2D eigenvalue weighted by Crippen LogP contribution is 2.06. The van der Waals surface area contributed by atoms with Crippen molar-refractivity contribution in [1.29, 1.82) is 0 Å². The zero-order chi connectivity index (χ0) is 10.4. The van der Waals surface area contributed by atoms with E-state index in [1.54, 1.807) is 0 Å². The number of nitrogens with one attached hydrogen (secondary N) is 2. The quantitative estimate of drug-likeness (QED) is 0.567. The molecule has 1 rings (SSSR count). The lowest BCUT2D eigenvalue weighted by Gasteiger charge is -2.03. The molecule has 0 unspecified atom stereocenters. The Bertz CT molecular complexity index is 338. The summed E-state index contributed by atoms with van der Waals surface area (Å²) in [6.45, 7) is 2.93. The third kappa shape index (κ3) is 3.37. The van der Waals surface area contributed by atoms with Crippen LogP contribution in [-0.2, 0) is 0 Å². The summed E-state index contributed by atoms with van der Waals surface area (Å²) in [6.07, 6.45) is 4.00. The van der Waals surface area contributed by atoms with Gasteiger partial charge in [-0.05, 0) is 12.7 Å². The molecule has 2 N–H and O–H groups in total. The van der Waals surface area contributed by atoms with Crippen LogP contribution in [0.4, 0.5) is 5.95 Å². The van der Waals surface area contributed by atoms with Crippen molar-refractivity contribution in [3.8, 4) is 0 Å². The van der Waals surface area contributed by atoms with Crippen LogP contribution in [0.3, 0.4) is 0 Å². The van der Waals surface area contributed by atoms with Crippen LogP contribution in [0.25, 0.3) is 0 Å². The van der Waals surface area contributed by atoms with Gasteiger partial charge >= 0.3 is 5.69 Å². The molecule has 0 radical (unpaired) electrons. The molecule has 14 heavy (non-hydrogen) atoms. The van der Waals surface area contributed by atoms with Crippen LogP contribution in [0.1, 0.15) is 19.8 Å². The van der Waals surface area contributed by atoms with Gasteiger partial charge in [-0.15, -0.1) is 0 Å². The van der Waals surface area contributed by atoms with E-state index >= 15 is 0 Å². The van der Waals surface area contributed by atoms with Gasteiger partial charge in [0.2, 0.25) is 5.95 Å². The van der Waals surface area contributed by atoms with Crippen LogP contribution in [0.5, 0.6) is 0 Å². The summed E-state index contributed by atoms with van der Waals surface area (Å²) in [5.74, 6) is 0.503. The minimum atomic E-state index is -0.358. The topological polar surface area (TPSA) is 70.7 Å². The predicted octanol–water partition coefficient (Wildman–Crippen LogP) is 1.10. The van der Waals surface area contributed by atoms with Crippen LogP contribution in [-0.4, -0.2) is 27.8 Å². The number of aromatic amines is 1. The molecule has 0 saturated carbocycles. The molecule has 78 valence electrons. The average Bonchev–Trinajstić information content (AvgIpc) is 2.17. The number of H-pyrrole nitrogens is 1. The molecule has 0 spiro atoms. The summed E-state index contributed by atoms with van der Waals surface area (Å²) in [5, 5.41) is 3.53. The number of anilines is 1. The second-order valence-corrected chi connectivity index (χ2v) is 3.54. The van der Waals surface area contributed by atoms with E-state index in [4.69, 9.17) is 0 Å². The summed E-state index contributed by atoms with van der Waals surface area (Å²) in [4.78, 5) is 21.4. The molecule has 0 aliphatic rings. The van der Waals surface area contributed by atoms with Crippen LogP contribution < -0.4 is 11.0 Å². The van der Waals surface area contributed by atoms with Crippen molar-refractivity contribution < 1.29 is 0 Å². The highest BCUT2D eigenvalue weighted by atomic mass is 32.2. The lowest BCUT2D eigenvalue weighted by atomic mass is 10.3. The molecule has 1 heterocycles. The summed E-state index contributed by atoms with van der Waals surface area (Å²) in [7, 11) is 0. The molecule has 0 aliphatic heterocycles. The average molecular weight is 214 g/mol. The Hall–Kier alpha value is -1.04. The fraction of sp³-hybridized carbons (Fsp3) is 0.625. The van der Waals surface area contributed by atoms with Crippen molar-refractivity contribution in [2.24, 2.45) is 0 Å². The van der Waals surface area contributed by atoms with Crippen molar-refractivity contribution >= 4 is 17.7 Å². The lowest BCUT2D eigenvalue weighted by Crippen LogP contribution is -2.17. The monoisotopic (exact) mass is 214 g/mol. The molecular weight excluding hydrogens is 200 g/mol. The molecule has 0 atom stereocenters. The Morgan fingerprint density at radius 1 is 1.50 bits per heavy atom. The van der Waals surface area contributed by atoms with Gasteiger partial charge in [-0.2, -0.15) is 9.97 Å². The van der Waals surface area contributed by atoms with E-state index < -0.39 is 0 Å². The van der Waals surface area contributed by atoms with E-state index in [0.717, 1.165) is 19.4 Å². The Kier molecular flexibility index (Phi) is 4.45. The maximum Gasteiger partial charge on any atom is 0.350 e. The van der Waals surface area contributed by atoms with Gasteiger partial charge in [-0.3, -0.25) is 4.98 Å². The van der Waals surface area contributed by atoms with Crippen LogP contribution in [0.2, 0.25) is 0 Å². The fourth-order valence-electron chi connectivity index (χ4n) is 0.923. The molecule has 6 heteroatoms. The molecule has 5 nitrogen and oxygen atoms in total. The predicted molar refractivity (Wildman–Crippen MR) is 57.8 cm³/mol. The van der Waals surface area contributed by atoms with E-state index in [-0.39, 0.29) is 5.69 Å². The van der Waals surface area contributed by atoms with Crippen LogP contribution in [0, 0.1) is 0 Å². The van der Waals surface area contributed by atoms with E-state index in [1.807, 2.05) is 6.26 Å². The summed E-state index contributed by atoms with van der Waals surface area (Å²) in [6, 6.07) is 0. The highest BCUT2D eigenvalue weighted by Gasteiger charge is 1.99. The van der Waals surface area contributed by atoms with Gasteiger partial charge in [0.15, 0.2) is 5.16 Å². The van der Waals surface area contributed by atoms with E-state index in [9.17, 15) is 4.79 Å². The molecule has 0 bridgehead atoms. The maximum absolute atomic E-state index is 11.0. The third-order valence-corrected chi connectivity index (χ3v) is 2.18. The van der Waals surface area contributed by atoms with Gasteiger partial charge in [0.05, 0.1) is 0 Å². The van der Waals surface area contributed by atoms with E-state index in [1.165, 1.54) is 11.8 Å². The van der Waals surface area contributed by atoms with Gasteiger partial charge in [-0.1, -0.05) is 25.1 Å². The standard InChI is InChI=1S/C8H14N4OS/c1-3-4-5-9-6-10-7(13)12-8(11-6)14-2/h3-5H2,1-2H3,(H2,9,10,11,12,13). The van der Waals surface area contributed by atoms with Crippen molar-refractivity contribution in [1.82, 2.24) is 15.0 Å². The van der Waals surface area contributed by atoms with Crippen LogP contribution >= 0.6 is 11.8 Å². The molecule has 1 aromatic heterocycles. The van der Waals surface area contributed by atoms with Gasteiger partial charge in [0.1, 0.15) is 0 Å². The van der Waals surface area contributed by atoms with Crippen molar-refractivity contribution in [3.05, 3.63) is 10.5 Å². The van der Waals surface area contributed by atoms with Crippen molar-refractivity contribution in [2.75, 3.05) is 18.1 Å². The first-order valence-electron chi connectivity index (χ1n) is 4.52. The molecular formula is C8H14N4OS. The molecule has 0 amide bonds. The Labute approximate surface area is 86.7 Å². The Balaban J connectivity index is 2.67. The molecule has 0 aromatic carbocycles. The fourth-order valence-corrected chi connectivity index (χ4v) is 1.28. The SMILES string of the molecule is CCCCNc1nc(SC)nc(=O)[nH]1. The number of aromatic nitrogens is 3. The zero-order valence-corrected chi connectivity index (χ0v) is 9.15. The Morgan fingerprint density at radius 2 is 2.29 bits per heavy atom. The normalized spacial score (nSPS) is 10.1.